The van der Waals surface area contributed by atoms with Gasteiger partial charge in [-0.05, 0) is 13.1 Å². The Balaban J connectivity index is 1.89. The highest BCUT2D eigenvalue weighted by molar-refractivity contribution is 4.99. The van der Waals surface area contributed by atoms with Gasteiger partial charge in [0.05, 0.1) is 5.69 Å². The SMILES string of the molecule is CN(Cc1ccn(C)n1)C1CNC1. The number of nitrogens with one attached hydrogen (secondary N) is 1. The van der Waals surface area contributed by atoms with Gasteiger partial charge in [0.25, 0.3) is 0 Å². The molecule has 0 spiro atoms. The lowest BCUT2D eigenvalue weighted by Crippen LogP contribution is -2.55. The Hall–Kier alpha value is -0.870. The van der Waals surface area contributed by atoms with Gasteiger partial charge in [-0.25, -0.2) is 0 Å². The predicted molar refractivity (Wildman–Crippen MR) is 51.3 cm³/mol. The van der Waals surface area contributed by atoms with E-state index in [0.29, 0.717) is 6.04 Å². The summed E-state index contributed by atoms with van der Waals surface area (Å²) in [5.41, 5.74) is 1.15. The molecule has 0 aromatic carbocycles. The van der Waals surface area contributed by atoms with E-state index in [0.717, 1.165) is 25.3 Å². The van der Waals surface area contributed by atoms with Crippen LogP contribution in [0.3, 0.4) is 0 Å². The third-order valence-electron chi connectivity index (χ3n) is 2.56. The molecule has 4 nitrogen and oxygen atoms in total. The number of rotatable bonds is 3. The molecular formula is C9H16N4. The van der Waals surface area contributed by atoms with Gasteiger partial charge in [0, 0.05) is 38.9 Å². The fraction of sp³-hybridized carbons (Fsp3) is 0.667. The minimum absolute atomic E-state index is 0.696. The van der Waals surface area contributed by atoms with Crippen LogP contribution >= 0.6 is 0 Å². The molecule has 1 saturated heterocycles. The molecule has 1 aromatic rings. The maximum absolute atomic E-state index is 4.35. The summed E-state index contributed by atoms with van der Waals surface area (Å²) in [5.74, 6) is 0. The normalized spacial score (nSPS) is 17.8. The second kappa shape index (κ2) is 3.47. The van der Waals surface area contributed by atoms with Gasteiger partial charge in [-0.3, -0.25) is 9.58 Å². The molecule has 72 valence electrons. The largest absolute Gasteiger partial charge is 0.314 e. The summed E-state index contributed by atoms with van der Waals surface area (Å²) in [6, 6.07) is 2.77. The average molecular weight is 180 g/mol. The molecule has 0 saturated carbocycles. The van der Waals surface area contributed by atoms with Gasteiger partial charge in [-0.2, -0.15) is 5.10 Å². The molecule has 0 amide bonds. The Bertz CT molecular complexity index is 277. The zero-order valence-corrected chi connectivity index (χ0v) is 8.20. The van der Waals surface area contributed by atoms with Crippen molar-refractivity contribution in [2.45, 2.75) is 12.6 Å². The summed E-state index contributed by atoms with van der Waals surface area (Å²) in [4.78, 5) is 2.35. The number of likely N-dealkylation sites (N-methyl/N-ethyl adjacent to an activating group) is 1. The second-order valence-electron chi connectivity index (χ2n) is 3.71. The molecule has 1 N–H and O–H groups in total. The molecule has 2 rings (SSSR count). The molecule has 0 aliphatic carbocycles. The van der Waals surface area contributed by atoms with Gasteiger partial charge in [-0.1, -0.05) is 0 Å². The molecular weight excluding hydrogens is 164 g/mol. The molecule has 1 fully saturated rings. The fourth-order valence-corrected chi connectivity index (χ4v) is 1.52. The van der Waals surface area contributed by atoms with Gasteiger partial charge in [0.1, 0.15) is 0 Å². The highest BCUT2D eigenvalue weighted by Crippen LogP contribution is 2.06. The van der Waals surface area contributed by atoms with E-state index in [2.05, 4.69) is 28.4 Å². The van der Waals surface area contributed by atoms with Gasteiger partial charge < -0.3 is 5.32 Å². The molecule has 1 aliphatic rings. The van der Waals surface area contributed by atoms with Crippen molar-refractivity contribution in [1.82, 2.24) is 20.0 Å². The molecule has 4 heteroatoms. The smallest absolute Gasteiger partial charge is 0.0764 e. The molecule has 1 aliphatic heterocycles. The van der Waals surface area contributed by atoms with Crippen molar-refractivity contribution in [2.75, 3.05) is 20.1 Å². The number of aromatic nitrogens is 2. The number of hydrogen-bond acceptors (Lipinski definition) is 3. The van der Waals surface area contributed by atoms with Crippen molar-refractivity contribution in [3.63, 3.8) is 0 Å². The first-order chi connectivity index (χ1) is 6.25. The summed E-state index contributed by atoms with van der Waals surface area (Å²) in [7, 11) is 4.11. The third-order valence-corrected chi connectivity index (χ3v) is 2.56. The Labute approximate surface area is 78.5 Å². The van der Waals surface area contributed by atoms with Crippen LogP contribution in [0.1, 0.15) is 5.69 Å². The van der Waals surface area contributed by atoms with Crippen LogP contribution in [0.15, 0.2) is 12.3 Å². The van der Waals surface area contributed by atoms with Crippen molar-refractivity contribution < 1.29 is 0 Å². The van der Waals surface area contributed by atoms with Gasteiger partial charge in [0.15, 0.2) is 0 Å². The second-order valence-corrected chi connectivity index (χ2v) is 3.71. The van der Waals surface area contributed by atoms with Crippen LogP contribution in [0, 0.1) is 0 Å². The fourth-order valence-electron chi connectivity index (χ4n) is 1.52. The van der Waals surface area contributed by atoms with E-state index in [1.807, 2.05) is 17.9 Å². The van der Waals surface area contributed by atoms with Crippen LogP contribution in [0.4, 0.5) is 0 Å². The molecule has 13 heavy (non-hydrogen) atoms. The maximum Gasteiger partial charge on any atom is 0.0764 e. The van der Waals surface area contributed by atoms with Crippen molar-refractivity contribution >= 4 is 0 Å². The Kier molecular flexibility index (Phi) is 2.33. The summed E-state index contributed by atoms with van der Waals surface area (Å²) < 4.78 is 1.85. The minimum Gasteiger partial charge on any atom is -0.314 e. The van der Waals surface area contributed by atoms with E-state index in [-0.39, 0.29) is 0 Å². The predicted octanol–water partition coefficient (Wildman–Crippen LogP) is -0.176. The molecule has 0 atom stereocenters. The quantitative estimate of drug-likeness (QED) is 0.700. The van der Waals surface area contributed by atoms with E-state index >= 15 is 0 Å². The van der Waals surface area contributed by atoms with Crippen molar-refractivity contribution in [3.8, 4) is 0 Å². The monoisotopic (exact) mass is 180 g/mol. The van der Waals surface area contributed by atoms with Crippen molar-refractivity contribution in [2.24, 2.45) is 7.05 Å². The molecule has 1 aromatic heterocycles. The topological polar surface area (TPSA) is 33.1 Å². The van der Waals surface area contributed by atoms with E-state index < -0.39 is 0 Å². The lowest BCUT2D eigenvalue weighted by atomic mass is 10.1. The van der Waals surface area contributed by atoms with E-state index in [1.165, 1.54) is 0 Å². The van der Waals surface area contributed by atoms with Gasteiger partial charge in [0.2, 0.25) is 0 Å². The average Bonchev–Trinajstić information content (AvgIpc) is 2.31. The summed E-state index contributed by atoms with van der Waals surface area (Å²) in [6.45, 7) is 3.18. The third kappa shape index (κ3) is 1.89. The van der Waals surface area contributed by atoms with Crippen LogP contribution < -0.4 is 5.32 Å². The van der Waals surface area contributed by atoms with Crippen LogP contribution in [0.5, 0.6) is 0 Å². The molecule has 2 heterocycles. The van der Waals surface area contributed by atoms with E-state index in [9.17, 15) is 0 Å². The Morgan fingerprint density at radius 3 is 2.92 bits per heavy atom. The number of aryl methyl sites for hydroxylation is 1. The first-order valence-electron chi connectivity index (χ1n) is 4.65. The standard InChI is InChI=1S/C9H16N4/c1-12(9-5-10-6-9)7-8-3-4-13(2)11-8/h3-4,9-10H,5-7H2,1-2H3. The Morgan fingerprint density at radius 2 is 2.46 bits per heavy atom. The zero-order chi connectivity index (χ0) is 9.26. The first kappa shape index (κ1) is 8.72. The highest BCUT2D eigenvalue weighted by atomic mass is 15.3. The van der Waals surface area contributed by atoms with Crippen LogP contribution in [0.2, 0.25) is 0 Å². The first-order valence-corrected chi connectivity index (χ1v) is 4.65. The summed E-state index contributed by atoms with van der Waals surface area (Å²) in [5, 5.41) is 7.61. The Morgan fingerprint density at radius 1 is 1.69 bits per heavy atom. The highest BCUT2D eigenvalue weighted by Gasteiger charge is 2.21. The number of nitrogens with zero attached hydrogens (tertiary/aromatic N) is 3. The zero-order valence-electron chi connectivity index (χ0n) is 8.20. The van der Waals surface area contributed by atoms with Crippen molar-refractivity contribution in [1.29, 1.82) is 0 Å². The van der Waals surface area contributed by atoms with E-state index in [1.54, 1.807) is 0 Å². The summed E-state index contributed by atoms with van der Waals surface area (Å²) >= 11 is 0. The van der Waals surface area contributed by atoms with Gasteiger partial charge in [-0.15, -0.1) is 0 Å². The lowest BCUT2D eigenvalue weighted by Gasteiger charge is -2.35. The lowest BCUT2D eigenvalue weighted by molar-refractivity contribution is 0.171. The number of hydrogen-bond donors (Lipinski definition) is 1. The molecule has 0 radical (unpaired) electrons. The van der Waals surface area contributed by atoms with Gasteiger partial charge >= 0.3 is 0 Å². The van der Waals surface area contributed by atoms with E-state index in [4.69, 9.17) is 0 Å². The van der Waals surface area contributed by atoms with Crippen LogP contribution in [0.25, 0.3) is 0 Å². The molecule has 0 bridgehead atoms. The summed E-state index contributed by atoms with van der Waals surface area (Å²) in [6.07, 6.45) is 1.99. The van der Waals surface area contributed by atoms with Crippen LogP contribution in [-0.2, 0) is 13.6 Å². The minimum atomic E-state index is 0.696. The molecule has 0 unspecified atom stereocenters. The van der Waals surface area contributed by atoms with Crippen LogP contribution in [-0.4, -0.2) is 40.9 Å². The van der Waals surface area contributed by atoms with Crippen molar-refractivity contribution in [3.05, 3.63) is 18.0 Å². The maximum atomic E-state index is 4.35.